The highest BCUT2D eigenvalue weighted by molar-refractivity contribution is 6.21. The van der Waals surface area contributed by atoms with Crippen LogP contribution in [-0.4, -0.2) is 4.98 Å². The van der Waals surface area contributed by atoms with E-state index in [1.807, 2.05) is 0 Å². The molecule has 0 aliphatic carbocycles. The molecule has 0 spiro atoms. The quantitative estimate of drug-likeness (QED) is 0.160. The fourth-order valence-corrected chi connectivity index (χ4v) is 7.32. The van der Waals surface area contributed by atoms with E-state index in [0.29, 0.717) is 0 Å². The third-order valence-electron chi connectivity index (χ3n) is 9.63. The van der Waals surface area contributed by atoms with Crippen LogP contribution in [0.2, 0.25) is 0 Å². The third-order valence-corrected chi connectivity index (χ3v) is 9.63. The number of benzene rings is 8. The van der Waals surface area contributed by atoms with Crippen LogP contribution in [0, 0.1) is 0 Å². The monoisotopic (exact) mass is 650 g/mol. The van der Waals surface area contributed by atoms with Crippen LogP contribution in [0.5, 0.6) is 0 Å². The van der Waals surface area contributed by atoms with Crippen molar-refractivity contribution in [3.8, 4) is 44.8 Å². The lowest BCUT2D eigenvalue weighted by Crippen LogP contribution is -2.09. The van der Waals surface area contributed by atoms with Crippen molar-refractivity contribution in [2.45, 2.75) is 0 Å². The topological polar surface area (TPSA) is 16.1 Å². The van der Waals surface area contributed by atoms with E-state index in [2.05, 4.69) is 211 Å². The van der Waals surface area contributed by atoms with Gasteiger partial charge in [-0.15, -0.1) is 0 Å². The Kier molecular flexibility index (Phi) is 7.88. The van der Waals surface area contributed by atoms with Gasteiger partial charge in [0.1, 0.15) is 0 Å². The van der Waals surface area contributed by atoms with Gasteiger partial charge in [-0.25, -0.2) is 4.98 Å². The fraction of sp³-hybridized carbons (Fsp3) is 0. The van der Waals surface area contributed by atoms with Crippen LogP contribution in [0.3, 0.4) is 0 Å². The molecule has 51 heavy (non-hydrogen) atoms. The molecular weight excluding hydrogens is 617 g/mol. The number of aromatic nitrogens is 1. The summed E-state index contributed by atoms with van der Waals surface area (Å²) in [6, 6.07) is 73.4. The molecule has 0 N–H and O–H groups in total. The molecule has 0 saturated carbocycles. The normalized spacial score (nSPS) is 11.1. The van der Waals surface area contributed by atoms with Crippen molar-refractivity contribution in [1.29, 1.82) is 0 Å². The number of para-hydroxylation sites is 2. The van der Waals surface area contributed by atoms with Crippen molar-refractivity contribution in [2.24, 2.45) is 0 Å². The lowest BCUT2D eigenvalue weighted by atomic mass is 9.85. The molecule has 9 aromatic rings. The summed E-state index contributed by atoms with van der Waals surface area (Å²) >= 11 is 0. The maximum absolute atomic E-state index is 5.19. The van der Waals surface area contributed by atoms with Gasteiger partial charge in [0.25, 0.3) is 0 Å². The second kappa shape index (κ2) is 13.3. The molecule has 8 aromatic carbocycles. The van der Waals surface area contributed by atoms with Crippen molar-refractivity contribution in [3.63, 3.8) is 0 Å². The molecule has 0 atom stereocenters. The van der Waals surface area contributed by atoms with Crippen molar-refractivity contribution < 1.29 is 0 Å². The summed E-state index contributed by atoms with van der Waals surface area (Å²) in [6.07, 6.45) is 0. The average molecular weight is 651 g/mol. The van der Waals surface area contributed by atoms with Gasteiger partial charge in [-0.3, -0.25) is 0 Å². The predicted molar refractivity (Wildman–Crippen MR) is 216 cm³/mol. The highest BCUT2D eigenvalue weighted by atomic mass is 15.1. The summed E-state index contributed by atoms with van der Waals surface area (Å²) in [5, 5.41) is 4.88. The maximum atomic E-state index is 5.19. The van der Waals surface area contributed by atoms with E-state index in [9.17, 15) is 0 Å². The zero-order valence-corrected chi connectivity index (χ0v) is 28.0. The molecule has 0 aliphatic rings. The van der Waals surface area contributed by atoms with Gasteiger partial charge >= 0.3 is 0 Å². The Morgan fingerprint density at radius 3 is 1.02 bits per heavy atom. The van der Waals surface area contributed by atoms with Gasteiger partial charge in [0.05, 0.1) is 11.4 Å². The summed E-state index contributed by atoms with van der Waals surface area (Å²) in [6.45, 7) is 0. The first-order chi connectivity index (χ1) is 25.3. The van der Waals surface area contributed by atoms with Crippen LogP contribution in [0.15, 0.2) is 206 Å². The molecule has 2 heteroatoms. The van der Waals surface area contributed by atoms with Crippen LogP contribution >= 0.6 is 0 Å². The molecule has 2 nitrogen and oxygen atoms in total. The van der Waals surface area contributed by atoms with E-state index < -0.39 is 0 Å². The number of hydrogen-bond acceptors (Lipinski definition) is 2. The SMILES string of the molecule is c1ccc(-c2cc(-c3c4ccccc4c(-c4ccc(N(c5ccccc5)c5ccccc5)cc4)c4ccccc34)cc(-c3ccccc3)n2)cc1. The second-order valence-corrected chi connectivity index (χ2v) is 12.8. The van der Waals surface area contributed by atoms with Gasteiger partial charge in [0.2, 0.25) is 0 Å². The number of fused-ring (bicyclic) bond motifs is 2. The minimum Gasteiger partial charge on any atom is -0.311 e. The first kappa shape index (κ1) is 30.3. The Morgan fingerprint density at radius 1 is 0.275 bits per heavy atom. The number of nitrogens with zero attached hydrogens (tertiary/aromatic N) is 2. The van der Waals surface area contributed by atoms with E-state index in [0.717, 1.165) is 45.1 Å². The first-order valence-corrected chi connectivity index (χ1v) is 17.4. The molecule has 0 radical (unpaired) electrons. The highest BCUT2D eigenvalue weighted by Crippen LogP contribution is 2.45. The zero-order valence-electron chi connectivity index (χ0n) is 28.0. The van der Waals surface area contributed by atoms with Crippen molar-refractivity contribution in [1.82, 2.24) is 4.98 Å². The lowest BCUT2D eigenvalue weighted by Gasteiger charge is -2.25. The van der Waals surface area contributed by atoms with E-state index in [1.165, 1.54) is 38.2 Å². The van der Waals surface area contributed by atoms with Crippen LogP contribution in [-0.2, 0) is 0 Å². The molecule has 1 heterocycles. The summed E-state index contributed by atoms with van der Waals surface area (Å²) in [5.74, 6) is 0. The van der Waals surface area contributed by atoms with E-state index in [4.69, 9.17) is 4.98 Å². The molecule has 0 amide bonds. The summed E-state index contributed by atoms with van der Waals surface area (Å²) in [5.41, 5.74) is 12.3. The molecule has 0 unspecified atom stereocenters. The van der Waals surface area contributed by atoms with Crippen LogP contribution in [0.25, 0.3) is 66.3 Å². The minimum absolute atomic E-state index is 0.959. The number of hydrogen-bond donors (Lipinski definition) is 0. The van der Waals surface area contributed by atoms with Crippen LogP contribution < -0.4 is 4.90 Å². The highest BCUT2D eigenvalue weighted by Gasteiger charge is 2.19. The Balaban J connectivity index is 1.25. The standard InChI is InChI=1S/C49H34N2/c1-5-17-35(18-6-1)46-33-38(34-47(50-46)36-19-7-2-8-20-36)49-44-27-15-13-25-42(44)48(43-26-14-16-28-45(43)49)37-29-31-41(32-30-37)51(39-21-9-3-10-22-39)40-23-11-4-12-24-40/h1-34H. The molecule has 240 valence electrons. The third kappa shape index (κ3) is 5.73. The molecule has 0 aliphatic heterocycles. The number of pyridine rings is 1. The van der Waals surface area contributed by atoms with Crippen molar-refractivity contribution >= 4 is 38.6 Å². The van der Waals surface area contributed by atoms with E-state index >= 15 is 0 Å². The zero-order chi connectivity index (χ0) is 34.0. The Labute approximate surface area is 298 Å². The average Bonchev–Trinajstić information content (AvgIpc) is 3.21. The van der Waals surface area contributed by atoms with Crippen LogP contribution in [0.4, 0.5) is 17.1 Å². The van der Waals surface area contributed by atoms with Crippen LogP contribution in [0.1, 0.15) is 0 Å². The summed E-state index contributed by atoms with van der Waals surface area (Å²) < 4.78 is 0. The first-order valence-electron chi connectivity index (χ1n) is 17.4. The van der Waals surface area contributed by atoms with Crippen molar-refractivity contribution in [3.05, 3.63) is 206 Å². The second-order valence-electron chi connectivity index (χ2n) is 12.8. The molecule has 0 fully saturated rings. The van der Waals surface area contributed by atoms with Crippen molar-refractivity contribution in [2.75, 3.05) is 4.90 Å². The van der Waals surface area contributed by atoms with Gasteiger partial charge in [-0.05, 0) is 92.3 Å². The Morgan fingerprint density at radius 2 is 0.608 bits per heavy atom. The maximum Gasteiger partial charge on any atom is 0.0715 e. The largest absolute Gasteiger partial charge is 0.311 e. The number of anilines is 3. The molecule has 1 aromatic heterocycles. The molecular formula is C49H34N2. The Hall–Kier alpha value is -6.77. The van der Waals surface area contributed by atoms with E-state index in [-0.39, 0.29) is 0 Å². The summed E-state index contributed by atoms with van der Waals surface area (Å²) in [4.78, 5) is 7.49. The Bertz CT molecular complexity index is 2440. The minimum atomic E-state index is 0.959. The van der Waals surface area contributed by atoms with Gasteiger partial charge in [0.15, 0.2) is 0 Å². The molecule has 0 saturated heterocycles. The lowest BCUT2D eigenvalue weighted by molar-refractivity contribution is 1.28. The van der Waals surface area contributed by atoms with Gasteiger partial charge in [-0.1, -0.05) is 158 Å². The fourth-order valence-electron chi connectivity index (χ4n) is 7.32. The summed E-state index contributed by atoms with van der Waals surface area (Å²) in [7, 11) is 0. The molecule has 9 rings (SSSR count). The van der Waals surface area contributed by atoms with E-state index in [1.54, 1.807) is 0 Å². The van der Waals surface area contributed by atoms with Gasteiger partial charge < -0.3 is 4.90 Å². The van der Waals surface area contributed by atoms with Gasteiger partial charge in [0, 0.05) is 28.2 Å². The smallest absolute Gasteiger partial charge is 0.0715 e. The number of rotatable bonds is 7. The van der Waals surface area contributed by atoms with Gasteiger partial charge in [-0.2, -0.15) is 0 Å². The predicted octanol–water partition coefficient (Wildman–Crippen LogP) is 13.5. The molecule has 0 bridgehead atoms.